The van der Waals surface area contributed by atoms with Crippen LogP contribution in [0.25, 0.3) is 11.0 Å². The first-order valence-electron chi connectivity index (χ1n) is 12.9. The summed E-state index contributed by atoms with van der Waals surface area (Å²) in [4.78, 5) is 70.6. The van der Waals surface area contributed by atoms with Gasteiger partial charge in [0.1, 0.15) is 23.5 Å². The molecule has 2 heterocycles. The van der Waals surface area contributed by atoms with Gasteiger partial charge in [-0.1, -0.05) is 0 Å². The largest absolute Gasteiger partial charge is 0.493 e. The lowest BCUT2D eigenvalue weighted by Crippen LogP contribution is -2.44. The number of fused-ring (bicyclic) bond motifs is 1. The zero-order valence-corrected chi connectivity index (χ0v) is 22.8. The summed E-state index contributed by atoms with van der Waals surface area (Å²) >= 11 is 0. The molecule has 0 aliphatic heterocycles. The predicted molar refractivity (Wildman–Crippen MR) is 148 cm³/mol. The highest BCUT2D eigenvalue weighted by Gasteiger charge is 2.25. The van der Waals surface area contributed by atoms with Crippen molar-refractivity contribution >= 4 is 52.4 Å². The van der Waals surface area contributed by atoms with Crippen LogP contribution in [-0.4, -0.2) is 90.8 Å². The molecule has 0 radical (unpaired) electrons. The Balaban J connectivity index is 1.59. The molecule has 0 spiro atoms. The number of rotatable bonds is 15. The Morgan fingerprint density at radius 2 is 1.67 bits per heavy atom. The van der Waals surface area contributed by atoms with Crippen LogP contribution in [0.1, 0.15) is 41.6 Å². The van der Waals surface area contributed by atoms with E-state index in [1.54, 1.807) is 18.1 Å². The second kappa shape index (κ2) is 13.9. The van der Waals surface area contributed by atoms with Crippen LogP contribution in [0.15, 0.2) is 24.4 Å². The zero-order valence-electron chi connectivity index (χ0n) is 22.8. The monoisotopic (exact) mass is 603 g/mol. The number of anilines is 2. The van der Waals surface area contributed by atoms with Crippen LogP contribution < -0.4 is 21.3 Å². The van der Waals surface area contributed by atoms with Crippen molar-refractivity contribution in [1.29, 1.82) is 0 Å². The smallest absolute Gasteiger partial charge is 0.326 e. The van der Waals surface area contributed by atoms with Gasteiger partial charge < -0.3 is 46.7 Å². The number of carboxylic acid groups (broad SMARTS) is 3. The normalized spacial score (nSPS) is 12.3. The highest BCUT2D eigenvalue weighted by molar-refractivity contribution is 5.97. The summed E-state index contributed by atoms with van der Waals surface area (Å²) in [6.45, 7) is 0.293. The lowest BCUT2D eigenvalue weighted by Gasteiger charge is -2.20. The number of aromatic hydroxyl groups is 1. The van der Waals surface area contributed by atoms with E-state index in [0.29, 0.717) is 29.6 Å². The minimum atomic E-state index is -1.56. The maximum atomic E-state index is 15.0. The molecule has 2 atom stereocenters. The van der Waals surface area contributed by atoms with Crippen LogP contribution >= 0.6 is 0 Å². The van der Waals surface area contributed by atoms with Gasteiger partial charge in [0.2, 0.25) is 17.7 Å². The van der Waals surface area contributed by atoms with E-state index >= 15 is 0 Å². The number of nitrogens with two attached hydrogens (primary N) is 1. The molecule has 0 aliphatic carbocycles. The number of carbonyl (C=O) groups excluding carboxylic acids is 2. The standard InChI is InChI=1S/C26H30FN7O9/c1-34(9-8-13-11-29-21-20(13)23(39)33-26(28)32-21)17-5-2-12(10-14(17)27)22(38)31-16(25(42)43)3-6-18(35)30-15(24(40)41)4-7-19(36)37/h2,5,10-11,15-16H,3-4,6-9H2,1H3,(H,30,35)(H,31,38)(H,36,37)(H,40,41)(H,42,43)(H4,28,29,32,33,39)/t15-,16-/m0/s1. The van der Waals surface area contributed by atoms with Crippen molar-refractivity contribution in [3.63, 3.8) is 0 Å². The molecule has 0 aliphatic rings. The van der Waals surface area contributed by atoms with Crippen molar-refractivity contribution in [2.75, 3.05) is 24.2 Å². The fraction of sp³-hybridized carbons (Fsp3) is 0.346. The first-order chi connectivity index (χ1) is 20.3. The van der Waals surface area contributed by atoms with Gasteiger partial charge in [-0.25, -0.2) is 14.0 Å². The fourth-order valence-electron chi connectivity index (χ4n) is 4.22. The molecule has 16 nitrogen and oxygen atoms in total. The summed E-state index contributed by atoms with van der Waals surface area (Å²) in [5.41, 5.74) is 6.52. The first kappa shape index (κ1) is 32.0. The Hall–Kier alpha value is -5.48. The predicted octanol–water partition coefficient (Wildman–Crippen LogP) is 0.461. The Labute approximate surface area is 242 Å². The van der Waals surface area contributed by atoms with Crippen LogP contribution in [0.5, 0.6) is 5.88 Å². The molecule has 3 rings (SSSR count). The molecule has 230 valence electrons. The molecule has 0 fully saturated rings. The van der Waals surface area contributed by atoms with E-state index in [1.807, 2.05) is 0 Å². The number of aliphatic carboxylic acids is 3. The SMILES string of the molecule is CN(CCc1c[nH]c2nc(N)nc(O)c12)c1ccc(C(=O)N[C@@H](CCC(=O)N[C@@H](CCC(=O)O)C(=O)O)C(=O)O)cc1F. The van der Waals surface area contributed by atoms with Crippen molar-refractivity contribution in [2.45, 2.75) is 44.2 Å². The van der Waals surface area contributed by atoms with Gasteiger partial charge in [0.15, 0.2) is 0 Å². The number of hydrogen-bond donors (Lipinski definition) is 8. The molecule has 17 heteroatoms. The number of halogens is 1. The van der Waals surface area contributed by atoms with Gasteiger partial charge in [0, 0.05) is 38.2 Å². The molecular formula is C26H30FN7O9. The molecule has 0 saturated carbocycles. The topological polar surface area (TPSA) is 261 Å². The third-order valence-electron chi connectivity index (χ3n) is 6.49. The maximum absolute atomic E-state index is 15.0. The third kappa shape index (κ3) is 8.51. The summed E-state index contributed by atoms with van der Waals surface area (Å²) in [5, 5.41) is 42.2. The summed E-state index contributed by atoms with van der Waals surface area (Å²) < 4.78 is 15.0. The second-order valence-corrected chi connectivity index (χ2v) is 9.57. The highest BCUT2D eigenvalue weighted by atomic mass is 19.1. The number of benzene rings is 1. The van der Waals surface area contributed by atoms with Crippen LogP contribution in [0.4, 0.5) is 16.0 Å². The van der Waals surface area contributed by atoms with Crippen LogP contribution in [0.2, 0.25) is 0 Å². The molecule has 2 amide bonds. The number of amides is 2. The van der Waals surface area contributed by atoms with Gasteiger partial charge >= 0.3 is 17.9 Å². The maximum Gasteiger partial charge on any atom is 0.326 e. The van der Waals surface area contributed by atoms with Crippen molar-refractivity contribution in [3.8, 4) is 5.88 Å². The zero-order chi connectivity index (χ0) is 31.8. The van der Waals surface area contributed by atoms with Gasteiger partial charge in [-0.2, -0.15) is 9.97 Å². The lowest BCUT2D eigenvalue weighted by molar-refractivity contribution is -0.143. The van der Waals surface area contributed by atoms with Crippen LogP contribution in [0.3, 0.4) is 0 Å². The Bertz CT molecular complexity index is 1540. The van der Waals surface area contributed by atoms with Crippen molar-refractivity contribution < 1.29 is 48.8 Å². The van der Waals surface area contributed by atoms with E-state index < -0.39 is 66.9 Å². The van der Waals surface area contributed by atoms with Crippen molar-refractivity contribution in [1.82, 2.24) is 25.6 Å². The minimum absolute atomic E-state index is 0.0965. The summed E-state index contributed by atoms with van der Waals surface area (Å²) in [5.74, 6) is -7.10. The number of aromatic nitrogens is 3. The van der Waals surface area contributed by atoms with E-state index in [1.165, 1.54) is 12.1 Å². The number of aromatic amines is 1. The van der Waals surface area contributed by atoms with Crippen LogP contribution in [0, 0.1) is 5.82 Å². The molecule has 0 saturated heterocycles. The number of nitrogens with one attached hydrogen (secondary N) is 3. The van der Waals surface area contributed by atoms with Gasteiger partial charge in [0.25, 0.3) is 5.91 Å². The molecule has 2 aromatic heterocycles. The molecule has 43 heavy (non-hydrogen) atoms. The number of hydrogen-bond acceptors (Lipinski definition) is 10. The summed E-state index contributed by atoms with van der Waals surface area (Å²) in [6.07, 6.45) is 0.213. The summed E-state index contributed by atoms with van der Waals surface area (Å²) in [7, 11) is 1.61. The molecule has 1 aromatic carbocycles. The van der Waals surface area contributed by atoms with Gasteiger partial charge in [0.05, 0.1) is 11.1 Å². The summed E-state index contributed by atoms with van der Waals surface area (Å²) in [6, 6.07) is 0.527. The number of nitrogen functional groups attached to an aromatic ring is 1. The number of carboxylic acids is 3. The first-order valence-corrected chi connectivity index (χ1v) is 12.9. The fourth-order valence-corrected chi connectivity index (χ4v) is 4.22. The molecule has 0 bridgehead atoms. The molecule has 3 aromatic rings. The highest BCUT2D eigenvalue weighted by Crippen LogP contribution is 2.27. The van der Waals surface area contributed by atoms with Gasteiger partial charge in [-0.3, -0.25) is 14.4 Å². The molecule has 0 unspecified atom stereocenters. The van der Waals surface area contributed by atoms with E-state index in [4.69, 9.17) is 15.9 Å². The Morgan fingerprint density at radius 1 is 1.02 bits per heavy atom. The number of likely N-dealkylation sites (N-methyl/N-ethyl adjacent to an activating group) is 1. The van der Waals surface area contributed by atoms with E-state index in [-0.39, 0.29) is 29.5 Å². The Morgan fingerprint density at radius 3 is 2.30 bits per heavy atom. The third-order valence-corrected chi connectivity index (χ3v) is 6.49. The van der Waals surface area contributed by atoms with E-state index in [2.05, 4.69) is 25.6 Å². The van der Waals surface area contributed by atoms with E-state index in [0.717, 1.165) is 6.07 Å². The average Bonchev–Trinajstić information content (AvgIpc) is 3.34. The van der Waals surface area contributed by atoms with Crippen molar-refractivity contribution in [2.24, 2.45) is 0 Å². The number of carbonyl (C=O) groups is 5. The lowest BCUT2D eigenvalue weighted by atomic mass is 10.1. The number of H-pyrrole nitrogens is 1. The van der Waals surface area contributed by atoms with E-state index in [9.17, 15) is 38.6 Å². The second-order valence-electron chi connectivity index (χ2n) is 9.57. The van der Waals surface area contributed by atoms with Gasteiger partial charge in [-0.05, 0) is 43.0 Å². The van der Waals surface area contributed by atoms with Gasteiger partial charge in [-0.15, -0.1) is 0 Å². The molecule has 9 N–H and O–H groups in total. The number of nitrogens with zero attached hydrogens (tertiary/aromatic N) is 3. The van der Waals surface area contributed by atoms with Crippen molar-refractivity contribution in [3.05, 3.63) is 41.3 Å². The molecular weight excluding hydrogens is 573 g/mol. The average molecular weight is 604 g/mol. The minimum Gasteiger partial charge on any atom is -0.493 e. The Kier molecular flexibility index (Phi) is 10.4. The quantitative estimate of drug-likeness (QED) is 0.118. The van der Waals surface area contributed by atoms with Crippen LogP contribution in [-0.2, 0) is 25.6 Å².